The van der Waals surface area contributed by atoms with Crippen LogP contribution in [-0.2, 0) is 20.6 Å². The number of unbranched alkanes of at least 4 members (excludes halogenated alkanes) is 8. The number of benzene rings is 1. The van der Waals surface area contributed by atoms with Gasteiger partial charge in [0.25, 0.3) is 6.48 Å². The quantitative estimate of drug-likeness (QED) is 0.158. The molecule has 4 heteroatoms. The van der Waals surface area contributed by atoms with Gasteiger partial charge >= 0.3 is 0 Å². The van der Waals surface area contributed by atoms with Crippen LogP contribution in [-0.4, -0.2) is 25.8 Å². The molecule has 0 aliphatic heterocycles. The Hall–Kier alpha value is -0.970. The summed E-state index contributed by atoms with van der Waals surface area (Å²) in [4.78, 5) is 0. The summed E-state index contributed by atoms with van der Waals surface area (Å²) < 4.78 is 30.7. The summed E-state index contributed by atoms with van der Waals surface area (Å²) in [6.07, 6.45) is 15.7. The van der Waals surface area contributed by atoms with Crippen LogP contribution in [0.2, 0.25) is 0 Å². The minimum Gasteiger partial charge on any atom is -0.330 e. The van der Waals surface area contributed by atoms with Gasteiger partial charge in [-0.25, -0.2) is 4.39 Å². The van der Waals surface area contributed by atoms with E-state index in [1.807, 2.05) is 19.9 Å². The summed E-state index contributed by atoms with van der Waals surface area (Å²) in [7, 11) is 0. The molecule has 1 rings (SSSR count). The van der Waals surface area contributed by atoms with Crippen LogP contribution in [0.25, 0.3) is 0 Å². The highest BCUT2D eigenvalue weighted by Gasteiger charge is 2.17. The number of ether oxygens (including phenoxy) is 3. The fourth-order valence-corrected chi connectivity index (χ4v) is 3.74. The molecule has 0 amide bonds. The Morgan fingerprint density at radius 1 is 0.767 bits per heavy atom. The lowest BCUT2D eigenvalue weighted by Crippen LogP contribution is -2.27. The summed E-state index contributed by atoms with van der Waals surface area (Å²) >= 11 is 0. The van der Waals surface area contributed by atoms with Gasteiger partial charge in [-0.3, -0.25) is 0 Å². The number of halogens is 1. The molecule has 30 heavy (non-hydrogen) atoms. The van der Waals surface area contributed by atoms with E-state index >= 15 is 0 Å². The lowest BCUT2D eigenvalue weighted by Gasteiger charge is -2.24. The summed E-state index contributed by atoms with van der Waals surface area (Å²) in [6, 6.07) is 6.94. The Morgan fingerprint density at radius 3 is 1.97 bits per heavy atom. The van der Waals surface area contributed by atoms with Gasteiger partial charge in [0.1, 0.15) is 5.82 Å². The molecule has 0 aliphatic carbocycles. The molecule has 0 radical (unpaired) electrons. The van der Waals surface area contributed by atoms with Gasteiger partial charge in [0.05, 0.1) is 6.10 Å². The number of hydrogen-bond acceptors (Lipinski definition) is 3. The summed E-state index contributed by atoms with van der Waals surface area (Å²) in [5.74, 6) is -0.145. The molecule has 0 aromatic heterocycles. The number of aryl methyl sites for hydroxylation is 1. The van der Waals surface area contributed by atoms with Gasteiger partial charge in [0.2, 0.25) is 0 Å². The first kappa shape index (κ1) is 27.1. The molecule has 0 bridgehead atoms. The van der Waals surface area contributed by atoms with Crippen LogP contribution in [0.5, 0.6) is 0 Å². The zero-order chi connectivity index (χ0) is 21.9. The summed E-state index contributed by atoms with van der Waals surface area (Å²) in [5.41, 5.74) is 1.08. The van der Waals surface area contributed by atoms with Gasteiger partial charge in [-0.1, -0.05) is 76.8 Å². The van der Waals surface area contributed by atoms with Crippen molar-refractivity contribution >= 4 is 0 Å². The zero-order valence-electron chi connectivity index (χ0n) is 19.7. The van der Waals surface area contributed by atoms with Crippen molar-refractivity contribution in [3.63, 3.8) is 0 Å². The van der Waals surface area contributed by atoms with Crippen molar-refractivity contribution in [2.45, 2.75) is 117 Å². The smallest absolute Gasteiger partial charge is 0.271 e. The fraction of sp³-hybridized carbons (Fsp3) is 0.769. The second kappa shape index (κ2) is 18.8. The van der Waals surface area contributed by atoms with Crippen LogP contribution in [0.3, 0.4) is 0 Å². The highest BCUT2D eigenvalue weighted by Crippen LogP contribution is 2.19. The van der Waals surface area contributed by atoms with Crippen LogP contribution in [0, 0.1) is 5.82 Å². The second-order valence-electron chi connectivity index (χ2n) is 8.10. The first-order chi connectivity index (χ1) is 14.7. The van der Waals surface area contributed by atoms with Gasteiger partial charge in [-0.05, 0) is 57.2 Å². The van der Waals surface area contributed by atoms with Crippen LogP contribution >= 0.6 is 0 Å². The minimum atomic E-state index is -0.554. The highest BCUT2D eigenvalue weighted by atomic mass is 19.1. The van der Waals surface area contributed by atoms with Gasteiger partial charge in [-0.2, -0.15) is 0 Å². The van der Waals surface area contributed by atoms with E-state index in [0.717, 1.165) is 44.1 Å². The molecule has 174 valence electrons. The van der Waals surface area contributed by atoms with Crippen LogP contribution in [0.15, 0.2) is 24.3 Å². The van der Waals surface area contributed by atoms with E-state index in [0.29, 0.717) is 13.2 Å². The average molecular weight is 425 g/mol. The van der Waals surface area contributed by atoms with Crippen LogP contribution < -0.4 is 0 Å². The van der Waals surface area contributed by atoms with E-state index in [2.05, 4.69) is 6.92 Å². The van der Waals surface area contributed by atoms with Crippen molar-refractivity contribution in [3.05, 3.63) is 35.6 Å². The molecule has 0 saturated heterocycles. The molecule has 0 fully saturated rings. The van der Waals surface area contributed by atoms with Gasteiger partial charge in [0.15, 0.2) is 0 Å². The molecule has 0 N–H and O–H groups in total. The number of rotatable bonds is 20. The Labute approximate surface area is 184 Å². The normalized spacial score (nSPS) is 12.6. The zero-order valence-corrected chi connectivity index (χ0v) is 19.7. The van der Waals surface area contributed by atoms with E-state index in [1.54, 1.807) is 12.1 Å². The monoisotopic (exact) mass is 424 g/mol. The van der Waals surface area contributed by atoms with E-state index in [-0.39, 0.29) is 11.9 Å². The van der Waals surface area contributed by atoms with Gasteiger partial charge < -0.3 is 14.2 Å². The molecule has 1 aromatic carbocycles. The topological polar surface area (TPSA) is 27.7 Å². The van der Waals surface area contributed by atoms with E-state index in [9.17, 15) is 4.39 Å². The molecule has 0 aliphatic rings. The van der Waals surface area contributed by atoms with Crippen molar-refractivity contribution in [2.24, 2.45) is 0 Å². The van der Waals surface area contributed by atoms with Crippen molar-refractivity contribution in [3.8, 4) is 0 Å². The molecule has 0 heterocycles. The third-order valence-corrected chi connectivity index (χ3v) is 5.42. The maximum atomic E-state index is 13.3. The van der Waals surface area contributed by atoms with E-state index < -0.39 is 6.48 Å². The van der Waals surface area contributed by atoms with E-state index in [1.165, 1.54) is 51.0 Å². The molecular weight excluding hydrogens is 379 g/mol. The molecule has 0 spiro atoms. The Balaban J connectivity index is 2.33. The molecule has 3 nitrogen and oxygen atoms in total. The summed E-state index contributed by atoms with van der Waals surface area (Å²) in [6.45, 7) is 6.81. The average Bonchev–Trinajstić information content (AvgIpc) is 2.73. The minimum absolute atomic E-state index is 0.145. The molecule has 1 unspecified atom stereocenters. The second-order valence-corrected chi connectivity index (χ2v) is 8.10. The maximum Gasteiger partial charge on any atom is 0.271 e. The van der Waals surface area contributed by atoms with Crippen molar-refractivity contribution in [1.82, 2.24) is 0 Å². The molecule has 1 atom stereocenters. The van der Waals surface area contributed by atoms with Gasteiger partial charge in [0, 0.05) is 13.2 Å². The highest BCUT2D eigenvalue weighted by molar-refractivity contribution is 5.16. The molecule has 1 aromatic rings. The van der Waals surface area contributed by atoms with Crippen molar-refractivity contribution < 1.29 is 18.6 Å². The Bertz CT molecular complexity index is 503. The van der Waals surface area contributed by atoms with Crippen LogP contribution in [0.1, 0.15) is 103 Å². The first-order valence-electron chi connectivity index (χ1n) is 12.3. The summed E-state index contributed by atoms with van der Waals surface area (Å²) in [5, 5.41) is 0. The van der Waals surface area contributed by atoms with Crippen LogP contribution in [0.4, 0.5) is 4.39 Å². The Kier molecular flexibility index (Phi) is 16.9. The van der Waals surface area contributed by atoms with E-state index in [4.69, 9.17) is 14.2 Å². The lowest BCUT2D eigenvalue weighted by molar-refractivity contribution is -0.302. The third kappa shape index (κ3) is 14.1. The fourth-order valence-electron chi connectivity index (χ4n) is 3.74. The Morgan fingerprint density at radius 2 is 1.37 bits per heavy atom. The van der Waals surface area contributed by atoms with Crippen molar-refractivity contribution in [1.29, 1.82) is 0 Å². The molecular formula is C26H45FO3. The largest absolute Gasteiger partial charge is 0.330 e. The first-order valence-corrected chi connectivity index (χ1v) is 12.3. The SMILES string of the molecule is CCCCCCCCCC(CCCCCc1cccc(F)c1)OC(OCC)OCC. The predicted octanol–water partition coefficient (Wildman–Crippen LogP) is 7.81. The maximum absolute atomic E-state index is 13.3. The molecule has 0 saturated carbocycles. The van der Waals surface area contributed by atoms with Gasteiger partial charge in [-0.15, -0.1) is 0 Å². The van der Waals surface area contributed by atoms with Crippen molar-refractivity contribution in [2.75, 3.05) is 13.2 Å². The number of hydrogen-bond donors (Lipinski definition) is 0. The predicted molar refractivity (Wildman–Crippen MR) is 123 cm³/mol. The third-order valence-electron chi connectivity index (χ3n) is 5.42. The standard InChI is InChI=1S/C26H45FO3/c1-4-7-8-9-10-11-14-20-25(30-26(28-5-2)29-6-3)21-15-12-13-17-23-18-16-19-24(27)22-23/h16,18-19,22,25-26H,4-15,17,20-21H2,1-3H3. The lowest BCUT2D eigenvalue weighted by atomic mass is 10.0.